The Morgan fingerprint density at radius 1 is 1.35 bits per heavy atom. The Labute approximate surface area is 108 Å². The minimum absolute atomic E-state index is 0.236. The highest BCUT2D eigenvalue weighted by atomic mass is 32.1. The van der Waals surface area contributed by atoms with Crippen molar-refractivity contribution >= 4 is 12.2 Å². The Hall–Kier alpha value is -0.740. The summed E-state index contributed by atoms with van der Waals surface area (Å²) < 4.78 is 6.79. The molecule has 4 heteroatoms. The third-order valence-corrected chi connectivity index (χ3v) is 3.67. The normalized spacial score (nSPS) is 19.8. The topological polar surface area (TPSA) is 37.9 Å². The van der Waals surface area contributed by atoms with Crippen LogP contribution >= 0.6 is 12.2 Å². The van der Waals surface area contributed by atoms with Crippen LogP contribution in [0, 0.1) is 4.64 Å². The van der Waals surface area contributed by atoms with Gasteiger partial charge in [-0.3, -0.25) is 0 Å². The predicted molar refractivity (Wildman–Crippen MR) is 70.4 cm³/mol. The molecule has 0 amide bonds. The van der Waals surface area contributed by atoms with E-state index in [1.54, 1.807) is 6.20 Å². The molecule has 0 unspecified atom stereocenters. The van der Waals surface area contributed by atoms with Gasteiger partial charge in [-0.1, -0.05) is 37.9 Å². The fourth-order valence-corrected chi connectivity index (χ4v) is 2.78. The monoisotopic (exact) mass is 252 g/mol. The van der Waals surface area contributed by atoms with E-state index in [-0.39, 0.29) is 5.60 Å². The molecule has 0 aliphatic heterocycles. The smallest absolute Gasteiger partial charge is 0.139 e. The quantitative estimate of drug-likeness (QED) is 0.658. The summed E-state index contributed by atoms with van der Waals surface area (Å²) in [6.07, 6.45) is 8.87. The molecule has 1 N–H and O–H groups in total. The first-order valence-electron chi connectivity index (χ1n) is 6.46. The minimum Gasteiger partial charge on any atom is -0.367 e. The van der Waals surface area contributed by atoms with Crippen molar-refractivity contribution in [2.75, 3.05) is 6.61 Å². The van der Waals surface area contributed by atoms with E-state index in [1.807, 2.05) is 13.0 Å². The third kappa shape index (κ3) is 2.93. The zero-order valence-electron chi connectivity index (χ0n) is 10.4. The Morgan fingerprint density at radius 3 is 2.65 bits per heavy atom. The lowest BCUT2D eigenvalue weighted by Gasteiger charge is -2.31. The van der Waals surface area contributed by atoms with Crippen LogP contribution in [0.1, 0.15) is 51.3 Å². The number of aromatic nitrogens is 2. The van der Waals surface area contributed by atoms with Gasteiger partial charge in [-0.15, -0.1) is 0 Å². The van der Waals surface area contributed by atoms with Gasteiger partial charge >= 0.3 is 0 Å². The lowest BCUT2D eigenvalue weighted by atomic mass is 9.93. The van der Waals surface area contributed by atoms with Crippen molar-refractivity contribution in [1.82, 2.24) is 9.97 Å². The van der Waals surface area contributed by atoms with Gasteiger partial charge in [0.1, 0.15) is 16.1 Å². The summed E-state index contributed by atoms with van der Waals surface area (Å²) in [7, 11) is 0. The van der Waals surface area contributed by atoms with Crippen molar-refractivity contribution in [3.63, 3.8) is 0 Å². The van der Waals surface area contributed by atoms with E-state index >= 15 is 0 Å². The lowest BCUT2D eigenvalue weighted by Crippen LogP contribution is -2.31. The molecule has 17 heavy (non-hydrogen) atoms. The summed E-state index contributed by atoms with van der Waals surface area (Å²) in [6, 6.07) is 1.81. The van der Waals surface area contributed by atoms with E-state index in [4.69, 9.17) is 17.0 Å². The standard InChI is InChI=1S/C13H20N2OS/c1-2-16-13(8-5-3-4-6-9-13)12-14-10-7-11(17)15-12/h7,10H,2-6,8-9H2,1H3,(H,14,15,17). The highest BCUT2D eigenvalue weighted by Gasteiger charge is 2.35. The summed E-state index contributed by atoms with van der Waals surface area (Å²) in [5.74, 6) is 0.911. The van der Waals surface area contributed by atoms with Gasteiger partial charge in [0.25, 0.3) is 0 Å². The summed E-state index contributed by atoms with van der Waals surface area (Å²) in [6.45, 7) is 2.77. The van der Waals surface area contributed by atoms with Crippen LogP contribution in [0.2, 0.25) is 0 Å². The number of nitrogens with zero attached hydrogens (tertiary/aromatic N) is 1. The SMILES string of the molecule is CCOC1(c2nccc(=S)[nH]2)CCCCCC1. The van der Waals surface area contributed by atoms with Gasteiger partial charge in [0.15, 0.2) is 0 Å². The maximum Gasteiger partial charge on any atom is 0.139 e. The molecule has 0 atom stereocenters. The zero-order chi connectivity index (χ0) is 12.1. The number of H-pyrrole nitrogens is 1. The summed E-state index contributed by atoms with van der Waals surface area (Å²) in [5.41, 5.74) is -0.236. The van der Waals surface area contributed by atoms with Crippen LogP contribution in [0.25, 0.3) is 0 Å². The second kappa shape index (κ2) is 5.74. The van der Waals surface area contributed by atoms with Crippen LogP contribution < -0.4 is 0 Å². The molecule has 1 fully saturated rings. The van der Waals surface area contributed by atoms with Crippen molar-refractivity contribution in [2.45, 2.75) is 51.0 Å². The van der Waals surface area contributed by atoms with Gasteiger partial charge in [0.05, 0.1) is 0 Å². The van der Waals surface area contributed by atoms with Crippen LogP contribution in [0.15, 0.2) is 12.3 Å². The molecule has 1 aliphatic carbocycles. The molecule has 0 radical (unpaired) electrons. The molecule has 1 aromatic rings. The Bertz CT molecular complexity index is 408. The number of hydrogen-bond acceptors (Lipinski definition) is 3. The van der Waals surface area contributed by atoms with E-state index in [0.29, 0.717) is 0 Å². The molecule has 0 spiro atoms. The first-order valence-corrected chi connectivity index (χ1v) is 6.87. The molecule has 2 rings (SSSR count). The highest BCUT2D eigenvalue weighted by Crippen LogP contribution is 2.37. The molecule has 0 saturated heterocycles. The lowest BCUT2D eigenvalue weighted by molar-refractivity contribution is -0.0625. The molecule has 1 heterocycles. The second-order valence-electron chi connectivity index (χ2n) is 4.62. The van der Waals surface area contributed by atoms with E-state index in [9.17, 15) is 0 Å². The molecule has 1 saturated carbocycles. The van der Waals surface area contributed by atoms with Crippen molar-refractivity contribution in [1.29, 1.82) is 0 Å². The van der Waals surface area contributed by atoms with E-state index < -0.39 is 0 Å². The van der Waals surface area contributed by atoms with Gasteiger partial charge < -0.3 is 9.72 Å². The predicted octanol–water partition coefficient (Wildman–Crippen LogP) is 3.73. The summed E-state index contributed by atoms with van der Waals surface area (Å²) in [5, 5.41) is 0. The number of nitrogens with one attached hydrogen (secondary N) is 1. The van der Waals surface area contributed by atoms with Crippen molar-refractivity contribution < 1.29 is 4.74 Å². The summed E-state index contributed by atoms with van der Waals surface area (Å²) in [4.78, 5) is 7.66. The van der Waals surface area contributed by atoms with Crippen molar-refractivity contribution in [2.24, 2.45) is 0 Å². The van der Waals surface area contributed by atoms with Crippen molar-refractivity contribution in [3.8, 4) is 0 Å². The van der Waals surface area contributed by atoms with Crippen LogP contribution in [-0.2, 0) is 10.3 Å². The van der Waals surface area contributed by atoms with Gasteiger partial charge in [-0.25, -0.2) is 4.98 Å². The Morgan fingerprint density at radius 2 is 2.06 bits per heavy atom. The van der Waals surface area contributed by atoms with Crippen LogP contribution in [-0.4, -0.2) is 16.6 Å². The largest absolute Gasteiger partial charge is 0.367 e. The van der Waals surface area contributed by atoms with E-state index in [0.717, 1.165) is 29.9 Å². The van der Waals surface area contributed by atoms with E-state index in [2.05, 4.69) is 9.97 Å². The number of ether oxygens (including phenoxy) is 1. The van der Waals surface area contributed by atoms with Gasteiger partial charge in [-0.05, 0) is 25.8 Å². The first-order chi connectivity index (χ1) is 8.27. The molecule has 94 valence electrons. The zero-order valence-corrected chi connectivity index (χ0v) is 11.2. The Kier molecular flexibility index (Phi) is 4.29. The molecule has 0 aromatic carbocycles. The summed E-state index contributed by atoms with van der Waals surface area (Å²) >= 11 is 5.19. The van der Waals surface area contributed by atoms with Crippen molar-refractivity contribution in [3.05, 3.63) is 22.7 Å². The third-order valence-electron chi connectivity index (χ3n) is 3.43. The average Bonchev–Trinajstić information content (AvgIpc) is 2.56. The van der Waals surface area contributed by atoms with Gasteiger partial charge in [0.2, 0.25) is 0 Å². The first kappa shape index (κ1) is 12.7. The second-order valence-corrected chi connectivity index (χ2v) is 5.06. The molecule has 0 bridgehead atoms. The van der Waals surface area contributed by atoms with Crippen LogP contribution in [0.3, 0.4) is 0 Å². The Balaban J connectivity index is 2.34. The maximum absolute atomic E-state index is 6.05. The molecular weight excluding hydrogens is 232 g/mol. The molecular formula is C13H20N2OS. The maximum atomic E-state index is 6.05. The fraction of sp³-hybridized carbons (Fsp3) is 0.692. The minimum atomic E-state index is -0.236. The van der Waals surface area contributed by atoms with Crippen LogP contribution in [0.4, 0.5) is 0 Å². The highest BCUT2D eigenvalue weighted by molar-refractivity contribution is 7.71. The van der Waals surface area contributed by atoms with Gasteiger partial charge in [-0.2, -0.15) is 0 Å². The van der Waals surface area contributed by atoms with Crippen LogP contribution in [0.5, 0.6) is 0 Å². The van der Waals surface area contributed by atoms with Gasteiger partial charge in [0, 0.05) is 12.8 Å². The van der Waals surface area contributed by atoms with E-state index in [1.165, 1.54) is 25.7 Å². The fourth-order valence-electron chi connectivity index (χ4n) is 2.63. The molecule has 1 aromatic heterocycles. The average molecular weight is 252 g/mol. The number of hydrogen-bond donors (Lipinski definition) is 1. The molecule has 3 nitrogen and oxygen atoms in total. The molecule has 1 aliphatic rings. The number of aromatic amines is 1. The number of rotatable bonds is 3.